The van der Waals surface area contributed by atoms with Gasteiger partial charge >= 0.3 is 0 Å². The van der Waals surface area contributed by atoms with E-state index in [4.69, 9.17) is 19.4 Å². The van der Waals surface area contributed by atoms with Crippen LogP contribution in [0, 0.1) is 0 Å². The van der Waals surface area contributed by atoms with E-state index in [2.05, 4.69) is 140 Å². The summed E-state index contributed by atoms with van der Waals surface area (Å²) >= 11 is 0. The smallest absolute Gasteiger partial charge is 0.165 e. The number of rotatable bonds is 4. The van der Waals surface area contributed by atoms with Crippen LogP contribution in [0.25, 0.3) is 95.2 Å². The number of para-hydroxylation sites is 1. The molecular formula is C48H31N3O. The standard InChI is InChI=1S/C48H31N3O/c1-48-25-13-20-30-19-12-23-35(43(30)48)38-28-40-41(36-22-10-11-24-39(36)52-40)42(44(38)48)47-50-45(31-16-6-3-7-17-31)49-46(51-47)33-26-32-18-8-9-21-34(32)37(27-33)29-14-4-2-5-15-29/h2-24,26-28H,25H2,1H3. The third-order valence-corrected chi connectivity index (χ3v) is 11.1. The summed E-state index contributed by atoms with van der Waals surface area (Å²) in [5, 5.41) is 4.42. The SMILES string of the molecule is CC12CC=Cc3cccc(c31)-c1cc3oc4ccccc4c3c(-c3nc(-c4ccccc4)nc(-c4cc(-c5ccccc5)c5ccccc5c4)n3)c12. The fourth-order valence-electron chi connectivity index (χ4n) is 8.83. The van der Waals surface area contributed by atoms with Gasteiger partial charge in [-0.15, -0.1) is 0 Å². The van der Waals surface area contributed by atoms with E-state index in [1.54, 1.807) is 0 Å². The zero-order chi connectivity index (χ0) is 34.4. The van der Waals surface area contributed by atoms with Gasteiger partial charge < -0.3 is 4.42 Å². The van der Waals surface area contributed by atoms with Gasteiger partial charge in [-0.25, -0.2) is 15.0 Å². The van der Waals surface area contributed by atoms with E-state index in [1.807, 2.05) is 24.3 Å². The van der Waals surface area contributed by atoms with Crippen LogP contribution < -0.4 is 0 Å². The fourth-order valence-corrected chi connectivity index (χ4v) is 8.83. The Balaban J connectivity index is 1.26. The number of aromatic nitrogens is 3. The summed E-state index contributed by atoms with van der Waals surface area (Å²) in [7, 11) is 0. The van der Waals surface area contributed by atoms with Crippen LogP contribution in [0.5, 0.6) is 0 Å². The second-order valence-electron chi connectivity index (χ2n) is 14.1. The van der Waals surface area contributed by atoms with Gasteiger partial charge in [0.15, 0.2) is 17.5 Å². The lowest BCUT2D eigenvalue weighted by Gasteiger charge is -2.32. The van der Waals surface area contributed by atoms with Gasteiger partial charge in [0.1, 0.15) is 11.2 Å². The summed E-state index contributed by atoms with van der Waals surface area (Å²) in [6, 6.07) is 51.1. The van der Waals surface area contributed by atoms with Gasteiger partial charge in [0.05, 0.1) is 0 Å². The second kappa shape index (κ2) is 10.9. The zero-order valence-corrected chi connectivity index (χ0v) is 28.5. The van der Waals surface area contributed by atoms with Gasteiger partial charge in [-0.05, 0) is 80.4 Å². The number of allylic oxidation sites excluding steroid dienone is 1. The Kier molecular flexibility index (Phi) is 6.12. The Morgan fingerprint density at radius 3 is 2.04 bits per heavy atom. The quantitative estimate of drug-likeness (QED) is 0.188. The molecule has 0 saturated carbocycles. The molecular weight excluding hydrogens is 635 g/mol. The minimum Gasteiger partial charge on any atom is -0.456 e. The Morgan fingerprint density at radius 1 is 0.519 bits per heavy atom. The molecule has 9 aromatic rings. The predicted molar refractivity (Wildman–Crippen MR) is 212 cm³/mol. The summed E-state index contributed by atoms with van der Waals surface area (Å²) in [5.74, 6) is 1.92. The number of furan rings is 1. The minimum atomic E-state index is -0.277. The molecule has 0 bridgehead atoms. The lowest BCUT2D eigenvalue weighted by molar-refractivity contribution is 0.592. The largest absolute Gasteiger partial charge is 0.456 e. The summed E-state index contributed by atoms with van der Waals surface area (Å²) in [6.45, 7) is 2.39. The molecule has 0 saturated heterocycles. The van der Waals surface area contributed by atoms with Gasteiger partial charge in [-0.1, -0.05) is 140 Å². The van der Waals surface area contributed by atoms with Gasteiger partial charge in [0.25, 0.3) is 0 Å². The average molecular weight is 666 g/mol. The molecule has 0 radical (unpaired) electrons. The highest BCUT2D eigenvalue weighted by molar-refractivity contribution is 6.16. The maximum absolute atomic E-state index is 6.66. The molecule has 4 heteroatoms. The highest BCUT2D eigenvalue weighted by Gasteiger charge is 2.45. The lowest BCUT2D eigenvalue weighted by atomic mass is 9.71. The van der Waals surface area contributed by atoms with Crippen molar-refractivity contribution in [3.8, 4) is 56.4 Å². The van der Waals surface area contributed by atoms with E-state index in [0.717, 1.165) is 61.6 Å². The van der Waals surface area contributed by atoms with Gasteiger partial charge in [0.2, 0.25) is 0 Å². The van der Waals surface area contributed by atoms with Gasteiger partial charge in [-0.2, -0.15) is 0 Å². The third-order valence-electron chi connectivity index (χ3n) is 11.1. The Labute approximate surface area is 300 Å². The number of hydrogen-bond donors (Lipinski definition) is 0. The van der Waals surface area contributed by atoms with Gasteiger partial charge in [0, 0.05) is 32.9 Å². The highest BCUT2D eigenvalue weighted by atomic mass is 16.3. The Bertz CT molecular complexity index is 2940. The average Bonchev–Trinajstić information content (AvgIpc) is 3.70. The van der Waals surface area contributed by atoms with E-state index in [-0.39, 0.29) is 5.41 Å². The highest BCUT2D eigenvalue weighted by Crippen LogP contribution is 2.59. The first-order chi connectivity index (χ1) is 25.6. The molecule has 1 atom stereocenters. The molecule has 2 heterocycles. The van der Waals surface area contributed by atoms with E-state index in [9.17, 15) is 0 Å². The van der Waals surface area contributed by atoms with Crippen LogP contribution in [-0.2, 0) is 5.41 Å². The van der Waals surface area contributed by atoms with Crippen LogP contribution in [0.1, 0.15) is 30.0 Å². The second-order valence-corrected chi connectivity index (χ2v) is 14.1. The summed E-state index contributed by atoms with van der Waals surface area (Å²) in [4.78, 5) is 16.1. The van der Waals surface area contributed by atoms with Crippen molar-refractivity contribution in [1.29, 1.82) is 0 Å². The first-order valence-electron chi connectivity index (χ1n) is 17.8. The predicted octanol–water partition coefficient (Wildman–Crippen LogP) is 12.3. The van der Waals surface area contributed by atoms with E-state index >= 15 is 0 Å². The molecule has 0 N–H and O–H groups in total. The fraction of sp³-hybridized carbons (Fsp3) is 0.0625. The molecule has 52 heavy (non-hydrogen) atoms. The van der Waals surface area contributed by atoms with Gasteiger partial charge in [-0.3, -0.25) is 0 Å². The molecule has 2 aliphatic rings. The van der Waals surface area contributed by atoms with E-state index in [0.29, 0.717) is 17.5 Å². The minimum absolute atomic E-state index is 0.277. The van der Waals surface area contributed by atoms with Crippen molar-refractivity contribution in [2.24, 2.45) is 0 Å². The first-order valence-corrected chi connectivity index (χ1v) is 17.8. The van der Waals surface area contributed by atoms with Crippen LogP contribution in [-0.4, -0.2) is 15.0 Å². The van der Waals surface area contributed by atoms with Crippen molar-refractivity contribution in [2.45, 2.75) is 18.8 Å². The lowest BCUT2D eigenvalue weighted by Crippen LogP contribution is -2.24. The number of nitrogens with zero attached hydrogens (tertiary/aromatic N) is 3. The molecule has 0 amide bonds. The monoisotopic (exact) mass is 665 g/mol. The Morgan fingerprint density at radius 2 is 1.21 bits per heavy atom. The molecule has 7 aromatic carbocycles. The summed E-state index contributed by atoms with van der Waals surface area (Å²) in [6.07, 6.45) is 5.47. The zero-order valence-electron chi connectivity index (χ0n) is 28.5. The van der Waals surface area contributed by atoms with Crippen molar-refractivity contribution in [1.82, 2.24) is 15.0 Å². The summed E-state index contributed by atoms with van der Waals surface area (Å²) in [5.41, 5.74) is 12.9. The molecule has 2 aromatic heterocycles. The number of fused-ring (bicyclic) bond motifs is 7. The molecule has 0 fully saturated rings. The number of hydrogen-bond acceptors (Lipinski definition) is 4. The van der Waals surface area contributed by atoms with Crippen LogP contribution in [0.4, 0.5) is 0 Å². The van der Waals surface area contributed by atoms with Crippen LogP contribution in [0.2, 0.25) is 0 Å². The van der Waals surface area contributed by atoms with Crippen LogP contribution in [0.15, 0.2) is 156 Å². The van der Waals surface area contributed by atoms with Crippen molar-refractivity contribution < 1.29 is 4.42 Å². The van der Waals surface area contributed by atoms with Crippen molar-refractivity contribution in [3.63, 3.8) is 0 Å². The molecule has 0 aliphatic heterocycles. The van der Waals surface area contributed by atoms with Crippen molar-refractivity contribution >= 4 is 38.8 Å². The molecule has 1 unspecified atom stereocenters. The first kappa shape index (κ1) is 29.1. The molecule has 11 rings (SSSR count). The maximum atomic E-state index is 6.66. The van der Waals surface area contributed by atoms with Crippen LogP contribution in [0.3, 0.4) is 0 Å². The van der Waals surface area contributed by atoms with E-state index < -0.39 is 0 Å². The third kappa shape index (κ3) is 4.18. The molecule has 4 nitrogen and oxygen atoms in total. The molecule has 244 valence electrons. The van der Waals surface area contributed by atoms with Crippen LogP contribution >= 0.6 is 0 Å². The normalized spacial score (nSPS) is 15.7. The topological polar surface area (TPSA) is 51.8 Å². The number of benzene rings is 7. The molecule has 2 aliphatic carbocycles. The molecule has 0 spiro atoms. The summed E-state index contributed by atoms with van der Waals surface area (Å²) < 4.78 is 6.66. The maximum Gasteiger partial charge on any atom is 0.165 e. The van der Waals surface area contributed by atoms with E-state index in [1.165, 1.54) is 33.2 Å². The Hall–Kier alpha value is -6.65. The van der Waals surface area contributed by atoms with Crippen molar-refractivity contribution in [2.75, 3.05) is 0 Å². The van der Waals surface area contributed by atoms with Crippen molar-refractivity contribution in [3.05, 3.63) is 168 Å².